The van der Waals surface area contributed by atoms with Crippen LogP contribution in [0.5, 0.6) is 0 Å². The summed E-state index contributed by atoms with van der Waals surface area (Å²) >= 11 is 6.25. The Morgan fingerprint density at radius 2 is 1.64 bits per heavy atom. The number of nitrogens with zero attached hydrogens (tertiary/aromatic N) is 2. The summed E-state index contributed by atoms with van der Waals surface area (Å²) in [6.45, 7) is 4.42. The largest absolute Gasteiger partial charge is 0.354 e. The average Bonchev–Trinajstić information content (AvgIpc) is 2.95. The van der Waals surface area contributed by atoms with E-state index in [4.69, 9.17) is 11.6 Å². The first-order valence-electron chi connectivity index (χ1n) is 14.1. The van der Waals surface area contributed by atoms with E-state index in [0.29, 0.717) is 34.8 Å². The van der Waals surface area contributed by atoms with Crippen molar-refractivity contribution in [2.45, 2.75) is 58.5 Å². The second kappa shape index (κ2) is 15.7. The molecule has 7 nitrogen and oxygen atoms in total. The van der Waals surface area contributed by atoms with Crippen LogP contribution >= 0.6 is 11.6 Å². The lowest BCUT2D eigenvalue weighted by molar-refractivity contribution is -0.141. The van der Waals surface area contributed by atoms with Gasteiger partial charge in [-0.1, -0.05) is 73.5 Å². The molecule has 2 amide bonds. The van der Waals surface area contributed by atoms with Crippen molar-refractivity contribution in [2.75, 3.05) is 23.7 Å². The van der Waals surface area contributed by atoms with E-state index in [9.17, 15) is 22.4 Å². The fraction of sp³-hybridized carbons (Fsp3) is 0.375. The van der Waals surface area contributed by atoms with E-state index in [1.165, 1.54) is 21.3 Å². The number of halogens is 2. The lowest BCUT2D eigenvalue weighted by Crippen LogP contribution is -2.50. The van der Waals surface area contributed by atoms with Crippen LogP contribution < -0.4 is 9.62 Å². The van der Waals surface area contributed by atoms with Crippen molar-refractivity contribution in [3.8, 4) is 0 Å². The molecule has 1 atom stereocenters. The molecule has 0 spiro atoms. The molecule has 0 saturated carbocycles. The van der Waals surface area contributed by atoms with Crippen LogP contribution in [0.15, 0.2) is 72.8 Å². The molecule has 3 aromatic rings. The Bertz CT molecular complexity index is 1440. The Hall–Kier alpha value is -3.43. The molecule has 0 aliphatic heterocycles. The number of sulfonamides is 1. The highest BCUT2D eigenvalue weighted by Gasteiger charge is 2.30. The molecule has 0 aliphatic carbocycles. The minimum absolute atomic E-state index is 0.000355. The first kappa shape index (κ1) is 33.1. The van der Waals surface area contributed by atoms with Crippen LogP contribution in [-0.2, 0) is 32.6 Å². The summed E-state index contributed by atoms with van der Waals surface area (Å²) in [5.74, 6) is -0.968. The Balaban J connectivity index is 1.88. The molecule has 42 heavy (non-hydrogen) atoms. The zero-order valence-corrected chi connectivity index (χ0v) is 25.9. The van der Waals surface area contributed by atoms with Gasteiger partial charge >= 0.3 is 0 Å². The Morgan fingerprint density at radius 3 is 2.29 bits per heavy atom. The molecule has 0 aromatic heterocycles. The van der Waals surface area contributed by atoms with Gasteiger partial charge in [0.2, 0.25) is 21.8 Å². The van der Waals surface area contributed by atoms with Crippen LogP contribution in [0.3, 0.4) is 0 Å². The van der Waals surface area contributed by atoms with E-state index in [1.54, 1.807) is 37.3 Å². The third-order valence-electron chi connectivity index (χ3n) is 7.03. The van der Waals surface area contributed by atoms with Crippen molar-refractivity contribution in [2.24, 2.45) is 0 Å². The van der Waals surface area contributed by atoms with Gasteiger partial charge in [-0.05, 0) is 60.7 Å². The van der Waals surface area contributed by atoms with Gasteiger partial charge in [0.25, 0.3) is 0 Å². The predicted octanol–water partition coefficient (Wildman–Crippen LogP) is 5.89. The van der Waals surface area contributed by atoms with Gasteiger partial charge in [0.15, 0.2) is 0 Å². The van der Waals surface area contributed by atoms with Crippen LogP contribution in [-0.4, -0.2) is 50.5 Å². The number of carbonyl (C=O) groups excluding carboxylic acids is 2. The number of hydrogen-bond acceptors (Lipinski definition) is 4. The molecule has 0 bridgehead atoms. The third kappa shape index (κ3) is 9.56. The lowest BCUT2D eigenvalue weighted by atomic mass is 10.0. The molecule has 226 valence electrons. The van der Waals surface area contributed by atoms with Crippen LogP contribution in [0.2, 0.25) is 5.02 Å². The minimum Gasteiger partial charge on any atom is -0.354 e. The first-order chi connectivity index (χ1) is 20.0. The average molecular weight is 616 g/mol. The van der Waals surface area contributed by atoms with Crippen LogP contribution in [0.1, 0.15) is 49.3 Å². The zero-order valence-electron chi connectivity index (χ0n) is 24.4. The smallest absolute Gasteiger partial charge is 0.243 e. The minimum atomic E-state index is -3.66. The molecule has 0 aliphatic rings. The number of benzene rings is 3. The second-order valence-corrected chi connectivity index (χ2v) is 12.6. The van der Waals surface area contributed by atoms with Crippen molar-refractivity contribution < 1.29 is 22.4 Å². The van der Waals surface area contributed by atoms with Gasteiger partial charge < -0.3 is 10.2 Å². The highest BCUT2D eigenvalue weighted by atomic mass is 35.5. The maximum Gasteiger partial charge on any atom is 0.243 e. The van der Waals surface area contributed by atoms with E-state index in [1.807, 2.05) is 37.3 Å². The number of unbranched alkanes of at least 4 members (excludes halogenated alkanes) is 1. The lowest BCUT2D eigenvalue weighted by Gasteiger charge is -2.32. The number of carbonyl (C=O) groups is 2. The number of rotatable bonds is 15. The maximum absolute atomic E-state index is 13.9. The van der Waals surface area contributed by atoms with Gasteiger partial charge in [-0.15, -0.1) is 0 Å². The summed E-state index contributed by atoms with van der Waals surface area (Å²) in [7, 11) is -3.66. The van der Waals surface area contributed by atoms with Gasteiger partial charge in [-0.2, -0.15) is 0 Å². The molecule has 0 saturated heterocycles. The van der Waals surface area contributed by atoms with Crippen molar-refractivity contribution >= 4 is 39.1 Å². The fourth-order valence-corrected chi connectivity index (χ4v) is 5.88. The molecule has 0 radical (unpaired) electrons. The highest BCUT2D eigenvalue weighted by Crippen LogP contribution is 2.28. The molecule has 0 heterocycles. The van der Waals surface area contributed by atoms with Crippen LogP contribution in [0, 0.1) is 12.7 Å². The van der Waals surface area contributed by atoms with E-state index < -0.39 is 21.9 Å². The van der Waals surface area contributed by atoms with Crippen molar-refractivity contribution in [1.29, 1.82) is 0 Å². The second-order valence-electron chi connectivity index (χ2n) is 10.3. The van der Waals surface area contributed by atoms with Crippen LogP contribution in [0.25, 0.3) is 0 Å². The zero-order chi connectivity index (χ0) is 30.7. The van der Waals surface area contributed by atoms with Gasteiger partial charge in [-0.3, -0.25) is 13.9 Å². The molecule has 1 unspecified atom stereocenters. The summed E-state index contributed by atoms with van der Waals surface area (Å²) in [5.41, 5.74) is 2.65. The van der Waals surface area contributed by atoms with Gasteiger partial charge in [0.05, 0.1) is 11.9 Å². The molecule has 10 heteroatoms. The van der Waals surface area contributed by atoms with Crippen molar-refractivity contribution in [1.82, 2.24) is 10.2 Å². The normalized spacial score (nSPS) is 12.0. The molecular weight excluding hydrogens is 577 g/mol. The van der Waals surface area contributed by atoms with Gasteiger partial charge in [-0.25, -0.2) is 12.8 Å². The quantitative estimate of drug-likeness (QED) is 0.216. The maximum atomic E-state index is 13.9. The fourth-order valence-electron chi connectivity index (χ4n) is 4.70. The topological polar surface area (TPSA) is 86.8 Å². The Labute approximate surface area is 253 Å². The van der Waals surface area contributed by atoms with E-state index >= 15 is 0 Å². The Morgan fingerprint density at radius 1 is 0.952 bits per heavy atom. The number of amides is 2. The number of hydrogen-bond donors (Lipinski definition) is 1. The third-order valence-corrected chi connectivity index (χ3v) is 8.62. The van der Waals surface area contributed by atoms with E-state index in [0.717, 1.165) is 24.7 Å². The standard InChI is InChI=1S/C32H39ClFN3O4S/c1-4-5-20-35-32(39)30(22-25-11-7-6-8-12-25)36(23-26-16-18-27(34)19-17-26)31(38)15-10-21-37(42(3,40)41)29-14-9-13-28(33)24(29)2/h6-9,11-14,16-19,30H,4-5,10,15,20-23H2,1-3H3,(H,35,39). The van der Waals surface area contributed by atoms with Crippen molar-refractivity contribution in [3.63, 3.8) is 0 Å². The number of nitrogens with one attached hydrogen (secondary N) is 1. The van der Waals surface area contributed by atoms with Gasteiger partial charge in [0.1, 0.15) is 11.9 Å². The van der Waals surface area contributed by atoms with Crippen molar-refractivity contribution in [3.05, 3.63) is 100 Å². The van der Waals surface area contributed by atoms with E-state index in [-0.39, 0.29) is 37.7 Å². The predicted molar refractivity (Wildman–Crippen MR) is 166 cm³/mol. The summed E-state index contributed by atoms with van der Waals surface area (Å²) in [6.07, 6.45) is 3.34. The summed E-state index contributed by atoms with van der Waals surface area (Å²) in [5, 5.41) is 3.41. The number of anilines is 1. The first-order valence-corrected chi connectivity index (χ1v) is 16.3. The Kier molecular flexibility index (Phi) is 12.4. The molecular formula is C32H39ClFN3O4S. The monoisotopic (exact) mass is 615 g/mol. The molecule has 3 rings (SSSR count). The molecule has 1 N–H and O–H groups in total. The van der Waals surface area contributed by atoms with E-state index in [2.05, 4.69) is 5.32 Å². The van der Waals surface area contributed by atoms with Crippen LogP contribution in [0.4, 0.5) is 10.1 Å². The SMILES string of the molecule is CCCCNC(=O)C(Cc1ccccc1)N(Cc1ccc(F)cc1)C(=O)CCCN(c1cccc(Cl)c1C)S(C)(=O)=O. The summed E-state index contributed by atoms with van der Waals surface area (Å²) in [6, 6.07) is 19.5. The summed E-state index contributed by atoms with van der Waals surface area (Å²) in [4.78, 5) is 28.9. The highest BCUT2D eigenvalue weighted by molar-refractivity contribution is 7.92. The molecule has 3 aromatic carbocycles. The molecule has 0 fully saturated rings. The van der Waals surface area contributed by atoms with Gasteiger partial charge in [0, 0.05) is 37.5 Å². The summed E-state index contributed by atoms with van der Waals surface area (Å²) < 4.78 is 40.3.